The van der Waals surface area contributed by atoms with Gasteiger partial charge in [-0.15, -0.1) is 0 Å². The van der Waals surface area contributed by atoms with E-state index in [0.717, 1.165) is 54.4 Å². The molecule has 0 N–H and O–H groups in total. The van der Waals surface area contributed by atoms with Crippen molar-refractivity contribution in [3.63, 3.8) is 0 Å². The molecule has 0 atom stereocenters. The molecule has 0 saturated heterocycles. The van der Waals surface area contributed by atoms with E-state index in [4.69, 9.17) is 4.98 Å². The van der Waals surface area contributed by atoms with Crippen molar-refractivity contribution in [3.8, 4) is 0 Å². The van der Waals surface area contributed by atoms with Gasteiger partial charge in [0.25, 0.3) is 0 Å². The Hall–Kier alpha value is -4.86. The molecule has 5 nitrogen and oxygen atoms in total. The third-order valence-corrected chi connectivity index (χ3v) is 10.6. The van der Waals surface area contributed by atoms with Crippen LogP contribution in [0.25, 0.3) is 49.1 Å². The minimum absolute atomic E-state index is 0.674. The number of benzene rings is 4. The van der Waals surface area contributed by atoms with E-state index >= 15 is 4.57 Å². The zero-order valence-corrected chi connectivity index (χ0v) is 21.7. The van der Waals surface area contributed by atoms with Crippen molar-refractivity contribution in [2.45, 2.75) is 0 Å². The summed E-state index contributed by atoms with van der Waals surface area (Å²) in [5.41, 5.74) is 3.87. The van der Waals surface area contributed by atoms with Crippen LogP contribution in [0.15, 0.2) is 128 Å². The van der Waals surface area contributed by atoms with Gasteiger partial charge in [0.1, 0.15) is 5.65 Å². The maximum Gasteiger partial charge on any atom is 0.174 e. The summed E-state index contributed by atoms with van der Waals surface area (Å²) in [5.74, 6) is 0. The fraction of sp³-hybridized carbons (Fsp3) is 0. The molecular weight excluding hydrogens is 499 g/mol. The summed E-state index contributed by atoms with van der Waals surface area (Å²) in [5, 5.41) is 7.30. The number of nitrogens with zero attached hydrogens (tertiary/aromatic N) is 4. The maximum absolute atomic E-state index is 15.5. The Morgan fingerprint density at radius 1 is 0.615 bits per heavy atom. The van der Waals surface area contributed by atoms with Crippen LogP contribution in [-0.2, 0) is 4.57 Å². The van der Waals surface area contributed by atoms with Crippen molar-refractivity contribution in [1.29, 1.82) is 0 Å². The third kappa shape index (κ3) is 3.08. The second-order valence-corrected chi connectivity index (χ2v) is 12.4. The van der Waals surface area contributed by atoms with Crippen LogP contribution >= 0.6 is 7.14 Å². The lowest BCUT2D eigenvalue weighted by Crippen LogP contribution is -2.26. The predicted octanol–water partition coefficient (Wildman–Crippen LogP) is 6.38. The van der Waals surface area contributed by atoms with Gasteiger partial charge in [-0.3, -0.25) is 14.4 Å². The van der Waals surface area contributed by atoms with E-state index in [0.29, 0.717) is 10.6 Å². The zero-order valence-electron chi connectivity index (χ0n) is 20.8. The Kier molecular flexibility index (Phi) is 4.73. The van der Waals surface area contributed by atoms with Gasteiger partial charge in [-0.05, 0) is 41.8 Å². The number of fused-ring (bicyclic) bond motifs is 10. The van der Waals surface area contributed by atoms with E-state index in [1.165, 1.54) is 0 Å². The summed E-state index contributed by atoms with van der Waals surface area (Å²) >= 11 is 0. The fourth-order valence-electron chi connectivity index (χ4n) is 5.91. The van der Waals surface area contributed by atoms with Gasteiger partial charge < -0.3 is 4.57 Å². The Labute approximate surface area is 223 Å². The monoisotopic (exact) mass is 520 g/mol. The molecule has 8 aromatic rings. The van der Waals surface area contributed by atoms with Crippen molar-refractivity contribution in [1.82, 2.24) is 19.4 Å². The van der Waals surface area contributed by atoms with Gasteiger partial charge >= 0.3 is 0 Å². The zero-order chi connectivity index (χ0) is 26.0. The van der Waals surface area contributed by atoms with E-state index < -0.39 is 7.14 Å². The van der Waals surface area contributed by atoms with Crippen molar-refractivity contribution < 1.29 is 4.57 Å². The second kappa shape index (κ2) is 8.32. The summed E-state index contributed by atoms with van der Waals surface area (Å²) in [6, 6.07) is 34.5. The number of hydrogen-bond donors (Lipinski definition) is 0. The Morgan fingerprint density at radius 3 is 2.10 bits per heavy atom. The summed E-state index contributed by atoms with van der Waals surface area (Å²) in [6.07, 6.45) is 6.85. The van der Waals surface area contributed by atoms with Crippen LogP contribution in [0.3, 0.4) is 0 Å². The number of imidazole rings is 1. The molecule has 0 aliphatic rings. The van der Waals surface area contributed by atoms with Gasteiger partial charge in [-0.1, -0.05) is 66.7 Å². The lowest BCUT2D eigenvalue weighted by molar-refractivity contribution is 0.592. The van der Waals surface area contributed by atoms with Crippen molar-refractivity contribution in [3.05, 3.63) is 128 Å². The van der Waals surface area contributed by atoms with E-state index in [1.54, 1.807) is 24.8 Å². The smallest absolute Gasteiger partial charge is 0.174 e. The second-order valence-electron chi connectivity index (χ2n) is 9.67. The number of rotatable bonds is 3. The third-order valence-electron chi connectivity index (χ3n) is 7.60. The van der Waals surface area contributed by atoms with Crippen molar-refractivity contribution >= 4 is 72.2 Å². The molecule has 0 radical (unpaired) electrons. The lowest BCUT2D eigenvalue weighted by Gasteiger charge is -2.22. The molecule has 0 spiro atoms. The van der Waals surface area contributed by atoms with Gasteiger partial charge in [0.2, 0.25) is 0 Å². The summed E-state index contributed by atoms with van der Waals surface area (Å²) < 4.78 is 17.8. The van der Waals surface area contributed by atoms with E-state index in [1.807, 2.05) is 54.6 Å². The normalized spacial score (nSPS) is 12.2. The van der Waals surface area contributed by atoms with Crippen LogP contribution in [0, 0.1) is 0 Å². The first kappa shape index (κ1) is 22.2. The van der Waals surface area contributed by atoms with Gasteiger partial charge in [-0.25, -0.2) is 4.98 Å². The van der Waals surface area contributed by atoms with Crippen LogP contribution in [0.4, 0.5) is 0 Å². The minimum atomic E-state index is -3.36. The Bertz CT molecular complexity index is 2220. The highest BCUT2D eigenvalue weighted by molar-refractivity contribution is 7.85. The first-order chi connectivity index (χ1) is 19.2. The summed E-state index contributed by atoms with van der Waals surface area (Å²) in [6.45, 7) is 0. The average molecular weight is 521 g/mol. The van der Waals surface area contributed by atoms with Crippen LogP contribution in [0.1, 0.15) is 0 Å². The molecule has 0 saturated carbocycles. The highest BCUT2D eigenvalue weighted by atomic mass is 31.2. The summed E-state index contributed by atoms with van der Waals surface area (Å²) in [7, 11) is -3.36. The average Bonchev–Trinajstić information content (AvgIpc) is 3.41. The standard InChI is InChI=1S/C33H21N4OP/c38-39(23-9-6-18-34-20-23,24-10-7-19-35-21-24)30-15-5-12-27-31(30)26-17-16-22-8-1-2-11-25(22)32(26)37-29-14-4-3-13-28(29)36-33(27)37/h1-21H. The molecule has 0 aliphatic heterocycles. The minimum Gasteiger partial charge on any atom is -0.308 e. The number of aromatic nitrogens is 4. The van der Waals surface area contributed by atoms with Gasteiger partial charge in [-0.2, -0.15) is 0 Å². The predicted molar refractivity (Wildman–Crippen MR) is 160 cm³/mol. The quantitative estimate of drug-likeness (QED) is 0.201. The van der Waals surface area contributed by atoms with Crippen LogP contribution in [-0.4, -0.2) is 19.4 Å². The van der Waals surface area contributed by atoms with Crippen LogP contribution in [0.2, 0.25) is 0 Å². The van der Waals surface area contributed by atoms with Crippen molar-refractivity contribution in [2.24, 2.45) is 0 Å². The Morgan fingerprint density at radius 2 is 1.33 bits per heavy atom. The number of hydrogen-bond acceptors (Lipinski definition) is 4. The molecular formula is C33H21N4OP. The van der Waals surface area contributed by atoms with Gasteiger partial charge in [0, 0.05) is 62.2 Å². The van der Waals surface area contributed by atoms with Gasteiger partial charge in [0.05, 0.1) is 16.6 Å². The van der Waals surface area contributed by atoms with Crippen LogP contribution < -0.4 is 15.9 Å². The molecule has 0 aliphatic carbocycles. The maximum atomic E-state index is 15.5. The molecule has 0 amide bonds. The van der Waals surface area contributed by atoms with Gasteiger partial charge in [0.15, 0.2) is 7.14 Å². The van der Waals surface area contributed by atoms with E-state index in [9.17, 15) is 0 Å². The molecule has 0 fully saturated rings. The largest absolute Gasteiger partial charge is 0.308 e. The van der Waals surface area contributed by atoms with E-state index in [2.05, 4.69) is 62.9 Å². The Balaban J connectivity index is 1.66. The highest BCUT2D eigenvalue weighted by Gasteiger charge is 2.33. The molecule has 39 heavy (non-hydrogen) atoms. The first-order valence-corrected chi connectivity index (χ1v) is 14.5. The highest BCUT2D eigenvalue weighted by Crippen LogP contribution is 2.46. The topological polar surface area (TPSA) is 60.2 Å². The summed E-state index contributed by atoms with van der Waals surface area (Å²) in [4.78, 5) is 13.8. The number of para-hydroxylation sites is 2. The molecule has 4 heterocycles. The molecule has 0 unspecified atom stereocenters. The van der Waals surface area contributed by atoms with Crippen LogP contribution in [0.5, 0.6) is 0 Å². The molecule has 8 rings (SSSR count). The molecule has 184 valence electrons. The SMILES string of the molecule is O=P(c1cccnc1)(c1cccnc1)c1cccc2c1c1ccc3ccccc3c1n1c3ccccc3nc21. The molecule has 4 aromatic heterocycles. The molecule has 0 bridgehead atoms. The van der Waals surface area contributed by atoms with Crippen molar-refractivity contribution in [2.75, 3.05) is 0 Å². The number of pyridine rings is 3. The first-order valence-electron chi connectivity index (χ1n) is 12.8. The molecule has 6 heteroatoms. The molecule has 4 aromatic carbocycles. The van der Waals surface area contributed by atoms with E-state index in [-0.39, 0.29) is 0 Å². The fourth-order valence-corrected chi connectivity index (χ4v) is 8.67. The lowest BCUT2D eigenvalue weighted by atomic mass is 10.0.